The molecule has 0 aromatic heterocycles. The molecular formula is C28H54. The first-order chi connectivity index (χ1) is 12.3. The molecule has 1 aromatic rings. The Morgan fingerprint density at radius 3 is 1.68 bits per heavy atom. The van der Waals surface area contributed by atoms with Gasteiger partial charge in [-0.1, -0.05) is 146 Å². The second-order valence-corrected chi connectivity index (χ2v) is 4.30. The lowest BCUT2D eigenvalue weighted by Gasteiger charge is -2.16. The van der Waals surface area contributed by atoms with E-state index in [1.807, 2.05) is 61.5 Å². The first kappa shape index (κ1) is 40.8. The lowest BCUT2D eigenvalue weighted by Crippen LogP contribution is -1.99. The highest BCUT2D eigenvalue weighted by atomic mass is 14.2. The van der Waals surface area contributed by atoms with Crippen molar-refractivity contribution in [3.05, 3.63) is 77.4 Å². The molecule has 0 radical (unpaired) electrons. The Bertz CT molecular complexity index is 513. The number of hydrogen-bond acceptors (Lipinski definition) is 0. The maximum absolute atomic E-state index is 3.91. The summed E-state index contributed by atoms with van der Waals surface area (Å²) in [6, 6.07) is 8.57. The molecule has 0 nitrogen and oxygen atoms in total. The number of allylic oxidation sites excluding steroid dienone is 6. The molecule has 0 heteroatoms. The van der Waals surface area contributed by atoms with Crippen LogP contribution in [-0.4, -0.2) is 0 Å². The molecular weight excluding hydrogens is 336 g/mol. The highest BCUT2D eigenvalue weighted by molar-refractivity contribution is 5.64. The second kappa shape index (κ2) is 29.9. The van der Waals surface area contributed by atoms with Crippen molar-refractivity contribution in [1.82, 2.24) is 0 Å². The largest absolute Gasteiger partial charge is 0.0985 e. The minimum atomic E-state index is 0. The van der Waals surface area contributed by atoms with Crippen molar-refractivity contribution in [3.63, 3.8) is 0 Å². The van der Waals surface area contributed by atoms with Crippen LogP contribution in [-0.2, 0) is 0 Å². The number of fused-ring (bicyclic) bond motifs is 1. The Labute approximate surface area is 181 Å². The van der Waals surface area contributed by atoms with Gasteiger partial charge in [0.05, 0.1) is 0 Å². The summed E-state index contributed by atoms with van der Waals surface area (Å²) in [6.45, 7) is 24.2. The summed E-state index contributed by atoms with van der Waals surface area (Å²) < 4.78 is 0. The van der Waals surface area contributed by atoms with Crippen molar-refractivity contribution in [2.75, 3.05) is 0 Å². The van der Waals surface area contributed by atoms with E-state index in [2.05, 4.69) is 69.0 Å². The standard InChI is InChI=1S/C17H18.4C2H6.3CH4/c1-4-8-16-13(3)17-10-7-6-9-15(17)12-11-14(16)5-2;4*1-2;;;/h4-13H,2H2,1,3H3;4*1-2H3;3*1H4/b8-4-;;;;;;;. The van der Waals surface area contributed by atoms with Gasteiger partial charge in [0, 0.05) is 5.92 Å². The zero-order valence-corrected chi connectivity index (χ0v) is 18.5. The van der Waals surface area contributed by atoms with E-state index < -0.39 is 0 Å². The van der Waals surface area contributed by atoms with E-state index in [-0.39, 0.29) is 22.3 Å². The van der Waals surface area contributed by atoms with Crippen LogP contribution in [0, 0.1) is 0 Å². The van der Waals surface area contributed by atoms with Gasteiger partial charge in [0.25, 0.3) is 0 Å². The molecule has 2 rings (SSSR count). The Kier molecular flexibility index (Phi) is 43.6. The topological polar surface area (TPSA) is 0 Å². The van der Waals surface area contributed by atoms with Crippen molar-refractivity contribution in [1.29, 1.82) is 0 Å². The molecule has 0 heterocycles. The molecule has 1 atom stereocenters. The molecule has 28 heavy (non-hydrogen) atoms. The Morgan fingerprint density at radius 2 is 1.25 bits per heavy atom. The van der Waals surface area contributed by atoms with Gasteiger partial charge < -0.3 is 0 Å². The summed E-state index contributed by atoms with van der Waals surface area (Å²) in [7, 11) is 0. The minimum absolute atomic E-state index is 0. The average Bonchev–Trinajstić information content (AvgIpc) is 2.86. The molecule has 1 unspecified atom stereocenters. The maximum atomic E-state index is 3.91. The molecule has 1 aliphatic rings. The van der Waals surface area contributed by atoms with Gasteiger partial charge in [-0.25, -0.2) is 0 Å². The Hall–Kier alpha value is -1.82. The van der Waals surface area contributed by atoms with Gasteiger partial charge in [-0.3, -0.25) is 0 Å². The second-order valence-electron chi connectivity index (χ2n) is 4.30. The van der Waals surface area contributed by atoms with Crippen LogP contribution in [0.15, 0.2) is 66.3 Å². The highest BCUT2D eigenvalue weighted by Gasteiger charge is 2.16. The molecule has 1 aliphatic carbocycles. The van der Waals surface area contributed by atoms with E-state index in [1.54, 1.807) is 0 Å². The number of benzene rings is 1. The van der Waals surface area contributed by atoms with Gasteiger partial charge in [-0.2, -0.15) is 0 Å². The monoisotopic (exact) mass is 390 g/mol. The first-order valence-electron chi connectivity index (χ1n) is 10.0. The van der Waals surface area contributed by atoms with Gasteiger partial charge >= 0.3 is 0 Å². The van der Waals surface area contributed by atoms with Gasteiger partial charge in [0.1, 0.15) is 0 Å². The molecule has 166 valence electrons. The van der Waals surface area contributed by atoms with Crippen LogP contribution in [0.2, 0.25) is 0 Å². The molecule has 0 saturated heterocycles. The Balaban J connectivity index is -0.0000000985. The fraction of sp³-hybridized carbons (Fsp3) is 0.500. The number of rotatable bonds is 2. The molecule has 0 spiro atoms. The van der Waals surface area contributed by atoms with Crippen LogP contribution < -0.4 is 0 Å². The summed E-state index contributed by atoms with van der Waals surface area (Å²) >= 11 is 0. The molecule has 0 fully saturated rings. The van der Waals surface area contributed by atoms with E-state index in [4.69, 9.17) is 0 Å². The van der Waals surface area contributed by atoms with Crippen LogP contribution >= 0.6 is 0 Å². The molecule has 1 aromatic carbocycles. The van der Waals surface area contributed by atoms with Crippen molar-refractivity contribution in [2.45, 2.75) is 97.4 Å². The summed E-state index contributed by atoms with van der Waals surface area (Å²) in [5, 5.41) is 0. The van der Waals surface area contributed by atoms with Gasteiger partial charge in [0.2, 0.25) is 0 Å². The van der Waals surface area contributed by atoms with Crippen LogP contribution in [0.1, 0.15) is 109 Å². The van der Waals surface area contributed by atoms with E-state index >= 15 is 0 Å². The van der Waals surface area contributed by atoms with Crippen molar-refractivity contribution < 1.29 is 0 Å². The quantitative estimate of drug-likeness (QED) is 0.471. The maximum Gasteiger partial charge on any atom is 0.00727 e. The zero-order valence-electron chi connectivity index (χ0n) is 18.5. The third-order valence-corrected chi connectivity index (χ3v) is 3.27. The van der Waals surface area contributed by atoms with Crippen LogP contribution in [0.5, 0.6) is 0 Å². The summed E-state index contributed by atoms with van der Waals surface area (Å²) in [5.74, 6) is 0.408. The average molecular weight is 391 g/mol. The van der Waals surface area contributed by atoms with Crippen LogP contribution in [0.3, 0.4) is 0 Å². The highest BCUT2D eigenvalue weighted by Crippen LogP contribution is 2.34. The van der Waals surface area contributed by atoms with Crippen LogP contribution in [0.4, 0.5) is 0 Å². The normalized spacial score (nSPS) is 12.6. The van der Waals surface area contributed by atoms with E-state index in [0.29, 0.717) is 5.92 Å². The summed E-state index contributed by atoms with van der Waals surface area (Å²) in [5.41, 5.74) is 5.24. The lowest BCUT2D eigenvalue weighted by molar-refractivity contribution is 0.915. The van der Waals surface area contributed by atoms with Gasteiger partial charge in [0.15, 0.2) is 0 Å². The van der Waals surface area contributed by atoms with E-state index in [9.17, 15) is 0 Å². The minimum Gasteiger partial charge on any atom is -0.0985 e. The third-order valence-electron chi connectivity index (χ3n) is 3.27. The molecule has 0 bridgehead atoms. The fourth-order valence-corrected chi connectivity index (χ4v) is 2.36. The van der Waals surface area contributed by atoms with Crippen molar-refractivity contribution in [2.24, 2.45) is 0 Å². The van der Waals surface area contributed by atoms with Gasteiger partial charge in [-0.05, 0) is 29.2 Å². The van der Waals surface area contributed by atoms with Crippen molar-refractivity contribution >= 4 is 6.08 Å². The van der Waals surface area contributed by atoms with E-state index in [1.165, 1.54) is 22.3 Å². The molecule has 0 N–H and O–H groups in total. The fourth-order valence-electron chi connectivity index (χ4n) is 2.36. The summed E-state index contributed by atoms with van der Waals surface area (Å²) in [4.78, 5) is 0. The first-order valence-corrected chi connectivity index (χ1v) is 10.0. The van der Waals surface area contributed by atoms with Crippen molar-refractivity contribution in [3.8, 4) is 0 Å². The predicted octanol–water partition coefficient (Wildman–Crippen LogP) is 10.9. The predicted molar refractivity (Wildman–Crippen MR) is 142 cm³/mol. The van der Waals surface area contributed by atoms with E-state index in [0.717, 1.165) is 0 Å². The molecule has 0 amide bonds. The van der Waals surface area contributed by atoms with Crippen LogP contribution in [0.25, 0.3) is 6.08 Å². The molecule has 0 aliphatic heterocycles. The third kappa shape index (κ3) is 13.4. The number of hydrogen-bond donors (Lipinski definition) is 0. The smallest absolute Gasteiger partial charge is 0.00727 e. The summed E-state index contributed by atoms with van der Waals surface area (Å²) in [6.07, 6.45) is 10.6. The SMILES string of the molecule is C.C.C.C=CC1=C(/C=C\C)C(C)c2ccccc2C=C1.CC.CC.CC.CC. The Morgan fingerprint density at radius 1 is 0.786 bits per heavy atom. The molecule has 0 saturated carbocycles. The zero-order chi connectivity index (χ0) is 20.3. The lowest BCUT2D eigenvalue weighted by atomic mass is 9.88. The van der Waals surface area contributed by atoms with Gasteiger partial charge in [-0.15, -0.1) is 0 Å².